The van der Waals surface area contributed by atoms with Crippen LogP contribution in [0, 0.1) is 0 Å². The number of fused-ring (bicyclic) bond motifs is 5. The minimum absolute atomic E-state index is 0.0255. The number of amides is 1. The van der Waals surface area contributed by atoms with E-state index in [0.717, 1.165) is 74.9 Å². The van der Waals surface area contributed by atoms with Crippen molar-refractivity contribution in [2.24, 2.45) is 0 Å². The van der Waals surface area contributed by atoms with E-state index in [1.54, 1.807) is 6.08 Å². The maximum absolute atomic E-state index is 12.7. The van der Waals surface area contributed by atoms with Gasteiger partial charge in [-0.15, -0.1) is 11.3 Å². The Labute approximate surface area is 207 Å². The molecule has 2 aliphatic rings. The highest BCUT2D eigenvalue weighted by atomic mass is 32.1. The second kappa shape index (κ2) is 8.58. The van der Waals surface area contributed by atoms with Gasteiger partial charge in [0.2, 0.25) is 0 Å². The highest BCUT2D eigenvalue weighted by molar-refractivity contribution is 7.21. The Bertz CT molecular complexity index is 1470. The molecular formula is C26H27N7OS. The predicted molar refractivity (Wildman–Crippen MR) is 143 cm³/mol. The lowest BCUT2D eigenvalue weighted by molar-refractivity contribution is 0.0949. The van der Waals surface area contributed by atoms with Crippen LogP contribution < -0.4 is 15.5 Å². The van der Waals surface area contributed by atoms with E-state index >= 15 is 0 Å². The molecule has 178 valence electrons. The van der Waals surface area contributed by atoms with Crippen molar-refractivity contribution >= 4 is 55.8 Å². The molecule has 0 radical (unpaired) electrons. The van der Waals surface area contributed by atoms with Crippen LogP contribution in [0.3, 0.4) is 0 Å². The van der Waals surface area contributed by atoms with Crippen LogP contribution >= 0.6 is 11.3 Å². The first-order valence-corrected chi connectivity index (χ1v) is 12.7. The van der Waals surface area contributed by atoms with Crippen LogP contribution in [-0.4, -0.2) is 71.6 Å². The third kappa shape index (κ3) is 3.90. The van der Waals surface area contributed by atoms with Crippen LogP contribution in [0.4, 0.5) is 11.5 Å². The average Bonchev–Trinajstić information content (AvgIpc) is 3.20. The van der Waals surface area contributed by atoms with E-state index in [9.17, 15) is 4.79 Å². The molecule has 1 atom stereocenters. The summed E-state index contributed by atoms with van der Waals surface area (Å²) >= 11 is 1.51. The van der Waals surface area contributed by atoms with Gasteiger partial charge in [-0.1, -0.05) is 6.58 Å². The number of nitrogens with zero attached hydrogens (tertiary/aromatic N) is 5. The molecule has 1 amide bonds. The zero-order valence-electron chi connectivity index (χ0n) is 19.8. The highest BCUT2D eigenvalue weighted by Gasteiger charge is 2.25. The van der Waals surface area contributed by atoms with Crippen LogP contribution in [0.2, 0.25) is 0 Å². The molecule has 4 aromatic rings. The molecule has 0 spiro atoms. The molecule has 1 saturated heterocycles. The average molecular weight is 486 g/mol. The van der Waals surface area contributed by atoms with Crippen molar-refractivity contribution in [3.63, 3.8) is 0 Å². The number of anilines is 2. The van der Waals surface area contributed by atoms with Crippen molar-refractivity contribution in [1.29, 1.82) is 0 Å². The fourth-order valence-corrected chi connectivity index (χ4v) is 5.82. The summed E-state index contributed by atoms with van der Waals surface area (Å²) in [7, 11) is 2.14. The van der Waals surface area contributed by atoms with Crippen LogP contribution in [0.1, 0.15) is 22.3 Å². The Morgan fingerprint density at radius 1 is 1.11 bits per heavy atom. The van der Waals surface area contributed by atoms with E-state index in [-0.39, 0.29) is 11.9 Å². The van der Waals surface area contributed by atoms with E-state index < -0.39 is 0 Å². The van der Waals surface area contributed by atoms with Crippen molar-refractivity contribution in [2.45, 2.75) is 13.0 Å². The Hall–Kier alpha value is -3.56. The van der Waals surface area contributed by atoms with Crippen LogP contribution in [-0.2, 0) is 0 Å². The van der Waals surface area contributed by atoms with Gasteiger partial charge in [-0.2, -0.15) is 0 Å². The number of rotatable bonds is 3. The van der Waals surface area contributed by atoms with Gasteiger partial charge in [-0.3, -0.25) is 4.79 Å². The number of benzene rings is 1. The van der Waals surface area contributed by atoms with Gasteiger partial charge in [0.25, 0.3) is 5.91 Å². The first-order chi connectivity index (χ1) is 17.0. The molecule has 5 heterocycles. The van der Waals surface area contributed by atoms with Gasteiger partial charge in [0, 0.05) is 60.3 Å². The smallest absolute Gasteiger partial charge is 0.263 e. The fourth-order valence-electron chi connectivity index (χ4n) is 4.72. The minimum Gasteiger partial charge on any atom is -0.381 e. The van der Waals surface area contributed by atoms with Crippen molar-refractivity contribution in [3.8, 4) is 11.5 Å². The number of aromatic nitrogens is 3. The number of hydrogen-bond acceptors (Lipinski definition) is 8. The summed E-state index contributed by atoms with van der Waals surface area (Å²) in [5.41, 5.74) is 3.25. The number of carbonyl (C=O) groups excluding carboxylic acids is 1. The number of thiophene rings is 1. The quantitative estimate of drug-likeness (QED) is 0.456. The number of pyridine rings is 1. The topological polar surface area (TPSA) is 86.3 Å². The van der Waals surface area contributed by atoms with Crippen LogP contribution in [0.5, 0.6) is 0 Å². The van der Waals surface area contributed by atoms with Gasteiger partial charge in [-0.05, 0) is 44.3 Å². The maximum atomic E-state index is 12.7. The lowest BCUT2D eigenvalue weighted by Crippen LogP contribution is -2.44. The van der Waals surface area contributed by atoms with E-state index in [1.807, 2.05) is 31.2 Å². The zero-order valence-corrected chi connectivity index (χ0v) is 20.7. The van der Waals surface area contributed by atoms with Gasteiger partial charge < -0.3 is 20.4 Å². The predicted octanol–water partition coefficient (Wildman–Crippen LogP) is 3.85. The largest absolute Gasteiger partial charge is 0.381 e. The first kappa shape index (κ1) is 21.9. The minimum atomic E-state index is -0.0255. The molecule has 0 bridgehead atoms. The van der Waals surface area contributed by atoms with Gasteiger partial charge in [-0.25, -0.2) is 15.0 Å². The normalized spacial score (nSPS) is 18.7. The molecule has 1 fully saturated rings. The molecule has 35 heavy (non-hydrogen) atoms. The lowest BCUT2D eigenvalue weighted by atomic mass is 10.1. The monoisotopic (exact) mass is 485 g/mol. The molecule has 9 heteroatoms. The van der Waals surface area contributed by atoms with Crippen molar-refractivity contribution in [3.05, 3.63) is 47.5 Å². The molecule has 0 saturated carbocycles. The Balaban J connectivity index is 1.44. The molecule has 3 aromatic heterocycles. The summed E-state index contributed by atoms with van der Waals surface area (Å²) in [5.74, 6) is 1.47. The SMILES string of the molecule is C=Cc1cc(N2CCN(C)CC2)nc(-c2ccc3c(ccc4sc5c(c43)NC[C@@H](C)NC5=O)n2)n1. The summed E-state index contributed by atoms with van der Waals surface area (Å²) < 4.78 is 1.07. The summed E-state index contributed by atoms with van der Waals surface area (Å²) in [5, 5.41) is 8.59. The van der Waals surface area contributed by atoms with Gasteiger partial charge in [0.05, 0.1) is 16.9 Å². The summed E-state index contributed by atoms with van der Waals surface area (Å²) in [6.07, 6.45) is 1.76. The molecule has 8 nitrogen and oxygen atoms in total. The van der Waals surface area contributed by atoms with Crippen LogP contribution in [0.15, 0.2) is 36.9 Å². The third-order valence-corrected chi connectivity index (χ3v) is 7.84. The maximum Gasteiger partial charge on any atom is 0.263 e. The van der Waals surface area contributed by atoms with Crippen molar-refractivity contribution < 1.29 is 4.79 Å². The Kier molecular flexibility index (Phi) is 5.38. The summed E-state index contributed by atoms with van der Waals surface area (Å²) in [6, 6.07) is 10.2. The molecular weight excluding hydrogens is 458 g/mol. The molecule has 2 N–H and O–H groups in total. The van der Waals surface area contributed by atoms with Crippen molar-refractivity contribution in [2.75, 3.05) is 50.0 Å². The lowest BCUT2D eigenvalue weighted by Gasteiger charge is -2.33. The molecule has 2 aliphatic heterocycles. The standard InChI is InChI=1S/C26H27N7OS/c1-4-16-13-21(33-11-9-32(3)10-12-33)31-25(29-16)19-6-5-17-18(30-19)7-8-20-22(17)23-24(35-20)26(34)28-15(2)14-27-23/h4-8,13,15,27H,1,9-12,14H2,2-3H3,(H,28,34)/t15-/m1/s1. The molecule has 1 aromatic carbocycles. The Morgan fingerprint density at radius 2 is 1.94 bits per heavy atom. The van der Waals surface area contributed by atoms with Crippen LogP contribution in [0.25, 0.3) is 38.6 Å². The van der Waals surface area contributed by atoms with Gasteiger partial charge in [0.1, 0.15) is 16.4 Å². The number of hydrogen-bond donors (Lipinski definition) is 2. The second-order valence-corrected chi connectivity index (χ2v) is 10.3. The number of piperazine rings is 1. The fraction of sp³-hybridized carbons (Fsp3) is 0.308. The van der Waals surface area contributed by atoms with Gasteiger partial charge >= 0.3 is 0 Å². The van der Waals surface area contributed by atoms with E-state index in [2.05, 4.69) is 40.1 Å². The summed E-state index contributed by atoms with van der Waals surface area (Å²) in [6.45, 7) is 10.5. The van der Waals surface area contributed by atoms with E-state index in [0.29, 0.717) is 12.4 Å². The number of likely N-dealkylation sites (N-methyl/N-ethyl adjacent to an activating group) is 1. The van der Waals surface area contributed by atoms with E-state index in [4.69, 9.17) is 15.0 Å². The second-order valence-electron chi connectivity index (χ2n) is 9.23. The first-order valence-electron chi connectivity index (χ1n) is 11.9. The molecule has 6 rings (SSSR count). The summed E-state index contributed by atoms with van der Waals surface area (Å²) in [4.78, 5) is 32.6. The highest BCUT2D eigenvalue weighted by Crippen LogP contribution is 2.41. The van der Waals surface area contributed by atoms with Crippen molar-refractivity contribution in [1.82, 2.24) is 25.2 Å². The molecule has 0 aliphatic carbocycles. The Morgan fingerprint density at radius 3 is 2.74 bits per heavy atom. The molecule has 0 unspecified atom stereocenters. The third-order valence-electron chi connectivity index (χ3n) is 6.69. The zero-order chi connectivity index (χ0) is 24.1. The van der Waals surface area contributed by atoms with E-state index in [1.165, 1.54) is 11.3 Å². The number of carbonyl (C=O) groups is 1. The van der Waals surface area contributed by atoms with Gasteiger partial charge in [0.15, 0.2) is 5.82 Å². The number of nitrogens with one attached hydrogen (secondary N) is 2.